The Hall–Kier alpha value is -2.90. The first-order chi connectivity index (χ1) is 19.9. The van der Waals surface area contributed by atoms with Crippen LogP contribution in [0.4, 0.5) is 0 Å². The molecule has 0 saturated carbocycles. The molecule has 0 atom stereocenters. The molecule has 0 aliphatic carbocycles. The van der Waals surface area contributed by atoms with Crippen LogP contribution in [0.2, 0.25) is 0 Å². The van der Waals surface area contributed by atoms with E-state index >= 15 is 0 Å². The third-order valence-electron chi connectivity index (χ3n) is 6.11. The van der Waals surface area contributed by atoms with E-state index in [0.29, 0.717) is 39.3 Å². The predicted octanol–water partition coefficient (Wildman–Crippen LogP) is 8.00. The SMILES string of the molecule is CCCCOC(=O)CCCCCCCC(=O)OCCCC.CCCCOC(=O)c1ccccc1C(=O)OCCCC. The van der Waals surface area contributed by atoms with Crippen molar-refractivity contribution in [3.05, 3.63) is 35.4 Å². The van der Waals surface area contributed by atoms with E-state index in [-0.39, 0.29) is 23.1 Å². The van der Waals surface area contributed by atoms with Crippen LogP contribution in [-0.4, -0.2) is 50.3 Å². The first-order valence-electron chi connectivity index (χ1n) is 15.7. The molecule has 234 valence electrons. The summed E-state index contributed by atoms with van der Waals surface area (Å²) in [6.07, 6.45) is 13.4. The third-order valence-corrected chi connectivity index (χ3v) is 6.11. The third kappa shape index (κ3) is 21.5. The number of esters is 4. The van der Waals surface area contributed by atoms with Crippen LogP contribution in [0.5, 0.6) is 0 Å². The summed E-state index contributed by atoms with van der Waals surface area (Å²) in [4.78, 5) is 46.6. The van der Waals surface area contributed by atoms with Gasteiger partial charge in [0.1, 0.15) is 0 Å². The van der Waals surface area contributed by atoms with Crippen molar-refractivity contribution >= 4 is 23.9 Å². The van der Waals surface area contributed by atoms with E-state index in [9.17, 15) is 19.2 Å². The summed E-state index contributed by atoms with van der Waals surface area (Å²) in [7, 11) is 0. The second-order valence-corrected chi connectivity index (χ2v) is 9.94. The molecule has 0 aromatic heterocycles. The van der Waals surface area contributed by atoms with Crippen molar-refractivity contribution in [2.75, 3.05) is 26.4 Å². The number of carbonyl (C=O) groups is 4. The fraction of sp³-hybridized carbons (Fsp3) is 0.697. The normalized spacial score (nSPS) is 10.2. The number of rotatable bonds is 22. The number of ether oxygens (including phenoxy) is 4. The van der Waals surface area contributed by atoms with Gasteiger partial charge in [-0.05, 0) is 50.7 Å². The maximum Gasteiger partial charge on any atom is 0.339 e. The fourth-order valence-corrected chi connectivity index (χ4v) is 3.49. The monoisotopic (exact) mass is 578 g/mol. The second kappa shape index (κ2) is 27.3. The summed E-state index contributed by atoms with van der Waals surface area (Å²) in [5, 5.41) is 0. The molecule has 0 radical (unpaired) electrons. The van der Waals surface area contributed by atoms with Crippen LogP contribution in [0, 0.1) is 0 Å². The maximum absolute atomic E-state index is 11.9. The molecule has 8 heteroatoms. The van der Waals surface area contributed by atoms with Gasteiger partial charge >= 0.3 is 23.9 Å². The Labute approximate surface area is 247 Å². The van der Waals surface area contributed by atoms with Gasteiger partial charge in [-0.15, -0.1) is 0 Å². The highest BCUT2D eigenvalue weighted by Crippen LogP contribution is 2.13. The van der Waals surface area contributed by atoms with Crippen LogP contribution in [0.25, 0.3) is 0 Å². The molecule has 0 aliphatic rings. The van der Waals surface area contributed by atoms with Crippen LogP contribution in [0.3, 0.4) is 0 Å². The van der Waals surface area contributed by atoms with E-state index in [2.05, 4.69) is 13.8 Å². The minimum Gasteiger partial charge on any atom is -0.466 e. The summed E-state index contributed by atoms with van der Waals surface area (Å²) >= 11 is 0. The molecule has 8 nitrogen and oxygen atoms in total. The molecule has 0 unspecified atom stereocenters. The van der Waals surface area contributed by atoms with Crippen molar-refractivity contribution in [2.45, 2.75) is 124 Å². The number of hydrogen-bond acceptors (Lipinski definition) is 8. The van der Waals surface area contributed by atoms with Gasteiger partial charge in [0.05, 0.1) is 37.6 Å². The van der Waals surface area contributed by atoms with E-state index in [1.807, 2.05) is 13.8 Å². The minimum absolute atomic E-state index is 0.0806. The summed E-state index contributed by atoms with van der Waals surface area (Å²) in [6, 6.07) is 6.59. The van der Waals surface area contributed by atoms with Crippen molar-refractivity contribution in [1.82, 2.24) is 0 Å². The highest BCUT2D eigenvalue weighted by atomic mass is 16.5. The Morgan fingerprint density at radius 3 is 1.12 bits per heavy atom. The average molecular weight is 579 g/mol. The number of unbranched alkanes of at least 4 members (excludes halogenated alkanes) is 8. The Kier molecular flexibility index (Phi) is 25.3. The second-order valence-electron chi connectivity index (χ2n) is 9.94. The lowest BCUT2D eigenvalue weighted by Crippen LogP contribution is -2.14. The van der Waals surface area contributed by atoms with Gasteiger partial charge in [0.25, 0.3) is 0 Å². The summed E-state index contributed by atoms with van der Waals surface area (Å²) in [5.41, 5.74) is 0.537. The molecule has 0 N–H and O–H groups in total. The lowest BCUT2D eigenvalue weighted by Gasteiger charge is -2.09. The van der Waals surface area contributed by atoms with Crippen LogP contribution in [0.15, 0.2) is 24.3 Å². The van der Waals surface area contributed by atoms with Crippen LogP contribution >= 0.6 is 0 Å². The standard InChI is InChI=1S/C17H32O4.C16H22O4/c1-3-5-14-20-16(18)12-10-8-7-9-11-13-17(19)21-15-6-4-2;1-3-5-11-19-15(17)13-9-7-8-10-14(13)16(18)20-12-6-4-2/h3-15H2,1-2H3;7-10H,3-6,11-12H2,1-2H3. The molecule has 0 fully saturated rings. The molecule has 0 bridgehead atoms. The quantitative estimate of drug-likeness (QED) is 0.0774. The zero-order valence-corrected chi connectivity index (χ0v) is 26.0. The molecular formula is C33H54O8. The van der Waals surface area contributed by atoms with E-state index in [1.165, 1.54) is 0 Å². The highest BCUT2D eigenvalue weighted by molar-refractivity contribution is 6.03. The molecule has 1 aromatic rings. The molecule has 0 amide bonds. The predicted molar refractivity (Wildman–Crippen MR) is 161 cm³/mol. The summed E-state index contributed by atoms with van der Waals surface area (Å²) in [6.45, 7) is 10.0. The molecular weight excluding hydrogens is 524 g/mol. The molecule has 0 saturated heterocycles. The van der Waals surface area contributed by atoms with Gasteiger partial charge in [0, 0.05) is 12.8 Å². The van der Waals surface area contributed by atoms with Gasteiger partial charge < -0.3 is 18.9 Å². The van der Waals surface area contributed by atoms with Gasteiger partial charge in [-0.1, -0.05) is 84.8 Å². The Morgan fingerprint density at radius 1 is 0.463 bits per heavy atom. The van der Waals surface area contributed by atoms with Crippen molar-refractivity contribution in [3.63, 3.8) is 0 Å². The first kappa shape index (κ1) is 38.1. The zero-order chi connectivity index (χ0) is 30.6. The molecule has 0 aliphatic heterocycles. The van der Waals surface area contributed by atoms with Crippen molar-refractivity contribution in [3.8, 4) is 0 Å². The van der Waals surface area contributed by atoms with Crippen LogP contribution in [-0.2, 0) is 28.5 Å². The first-order valence-corrected chi connectivity index (χ1v) is 15.7. The number of carbonyl (C=O) groups excluding carboxylic acids is 4. The van der Waals surface area contributed by atoms with E-state index < -0.39 is 11.9 Å². The highest BCUT2D eigenvalue weighted by Gasteiger charge is 2.18. The lowest BCUT2D eigenvalue weighted by atomic mass is 10.1. The average Bonchev–Trinajstić information content (AvgIpc) is 2.97. The van der Waals surface area contributed by atoms with E-state index in [0.717, 1.165) is 83.5 Å². The topological polar surface area (TPSA) is 105 Å². The number of hydrogen-bond donors (Lipinski definition) is 0. The lowest BCUT2D eigenvalue weighted by molar-refractivity contribution is -0.144. The maximum atomic E-state index is 11.9. The van der Waals surface area contributed by atoms with Gasteiger partial charge in [0.15, 0.2) is 0 Å². The van der Waals surface area contributed by atoms with Gasteiger partial charge in [0.2, 0.25) is 0 Å². The smallest absolute Gasteiger partial charge is 0.339 e. The summed E-state index contributed by atoms with van der Waals surface area (Å²) < 4.78 is 20.5. The van der Waals surface area contributed by atoms with Gasteiger partial charge in [-0.3, -0.25) is 9.59 Å². The number of benzene rings is 1. The fourth-order valence-electron chi connectivity index (χ4n) is 3.49. The van der Waals surface area contributed by atoms with Crippen molar-refractivity contribution in [1.29, 1.82) is 0 Å². The molecule has 1 aromatic carbocycles. The van der Waals surface area contributed by atoms with Crippen LogP contribution in [0.1, 0.15) is 145 Å². The Morgan fingerprint density at radius 2 is 0.780 bits per heavy atom. The Balaban J connectivity index is 0.000000781. The minimum atomic E-state index is -0.471. The molecule has 0 heterocycles. The van der Waals surface area contributed by atoms with Gasteiger partial charge in [-0.25, -0.2) is 9.59 Å². The summed E-state index contributed by atoms with van der Waals surface area (Å²) in [5.74, 6) is -1.10. The van der Waals surface area contributed by atoms with E-state index in [4.69, 9.17) is 18.9 Å². The Bertz CT molecular complexity index is 769. The molecule has 41 heavy (non-hydrogen) atoms. The van der Waals surface area contributed by atoms with Crippen molar-refractivity contribution in [2.24, 2.45) is 0 Å². The van der Waals surface area contributed by atoms with Crippen LogP contribution < -0.4 is 0 Å². The van der Waals surface area contributed by atoms with E-state index in [1.54, 1.807) is 24.3 Å². The molecule has 1 rings (SSSR count). The van der Waals surface area contributed by atoms with Crippen molar-refractivity contribution < 1.29 is 38.1 Å². The molecule has 0 spiro atoms. The zero-order valence-electron chi connectivity index (χ0n) is 26.0. The van der Waals surface area contributed by atoms with Gasteiger partial charge in [-0.2, -0.15) is 0 Å². The largest absolute Gasteiger partial charge is 0.466 e.